The quantitative estimate of drug-likeness (QED) is 0.756. The van der Waals surface area contributed by atoms with E-state index in [1.807, 2.05) is 0 Å². The van der Waals surface area contributed by atoms with Gasteiger partial charge in [0.1, 0.15) is 12.0 Å². The van der Waals surface area contributed by atoms with Crippen LogP contribution in [-0.2, 0) is 6.54 Å². The predicted octanol–water partition coefficient (Wildman–Crippen LogP) is 2.79. The molecule has 3 rings (SSSR count). The molecule has 0 unspecified atom stereocenters. The second-order valence-electron chi connectivity index (χ2n) is 4.81. The summed E-state index contributed by atoms with van der Waals surface area (Å²) in [7, 11) is 0. The Morgan fingerprint density at radius 2 is 1.96 bits per heavy atom. The number of aromatic nitrogens is 4. The normalized spacial score (nSPS) is 10.9. The Morgan fingerprint density at radius 3 is 2.61 bits per heavy atom. The number of halogens is 2. The third-order valence-corrected chi connectivity index (χ3v) is 3.28. The van der Waals surface area contributed by atoms with Gasteiger partial charge in [-0.25, -0.2) is 23.4 Å². The van der Waals surface area contributed by atoms with Gasteiger partial charge in [-0.3, -0.25) is 0 Å². The molecule has 118 valence electrons. The lowest BCUT2D eigenvalue weighted by Crippen LogP contribution is -2.10. The van der Waals surface area contributed by atoms with Crippen molar-refractivity contribution >= 4 is 11.5 Å². The Morgan fingerprint density at radius 1 is 1.17 bits per heavy atom. The van der Waals surface area contributed by atoms with E-state index in [1.165, 1.54) is 18.5 Å². The van der Waals surface area contributed by atoms with Crippen LogP contribution < -0.4 is 11.1 Å². The molecule has 0 aliphatic rings. The highest BCUT2D eigenvalue weighted by molar-refractivity contribution is 5.68. The van der Waals surface area contributed by atoms with Crippen LogP contribution in [0.4, 0.5) is 20.3 Å². The van der Waals surface area contributed by atoms with Crippen LogP contribution in [0.3, 0.4) is 0 Å². The van der Waals surface area contributed by atoms with E-state index < -0.39 is 6.43 Å². The average molecular weight is 316 g/mol. The molecule has 0 bridgehead atoms. The van der Waals surface area contributed by atoms with Crippen LogP contribution in [-0.4, -0.2) is 19.7 Å². The zero-order chi connectivity index (χ0) is 16.2. The van der Waals surface area contributed by atoms with E-state index >= 15 is 0 Å². The lowest BCUT2D eigenvalue weighted by molar-refractivity contribution is 0.151. The number of nitrogens with two attached hydrogens (primary N) is 1. The van der Waals surface area contributed by atoms with Gasteiger partial charge in [0, 0.05) is 24.5 Å². The highest BCUT2D eigenvalue weighted by atomic mass is 19.3. The molecule has 0 amide bonds. The summed E-state index contributed by atoms with van der Waals surface area (Å²) in [6, 6.07) is 7.85. The van der Waals surface area contributed by atoms with Crippen LogP contribution in [0.15, 0.2) is 49.1 Å². The number of alkyl halides is 2. The predicted molar refractivity (Wildman–Crippen MR) is 82.3 cm³/mol. The minimum Gasteiger partial charge on any atom is -0.393 e. The summed E-state index contributed by atoms with van der Waals surface area (Å²) in [5.41, 5.74) is 7.25. The van der Waals surface area contributed by atoms with E-state index in [4.69, 9.17) is 5.73 Å². The summed E-state index contributed by atoms with van der Waals surface area (Å²) in [6.45, 7) is 0.406. The van der Waals surface area contributed by atoms with E-state index in [9.17, 15) is 8.78 Å². The Balaban J connectivity index is 1.74. The molecule has 0 saturated heterocycles. The molecule has 23 heavy (non-hydrogen) atoms. The highest BCUT2D eigenvalue weighted by Gasteiger charge is 2.10. The number of hydrogen-bond acceptors (Lipinski definition) is 5. The van der Waals surface area contributed by atoms with Crippen molar-refractivity contribution in [1.29, 1.82) is 0 Å². The van der Waals surface area contributed by atoms with Gasteiger partial charge in [0.2, 0.25) is 0 Å². The average Bonchev–Trinajstić information content (AvgIpc) is 3.08. The van der Waals surface area contributed by atoms with Crippen molar-refractivity contribution in [1.82, 2.24) is 19.7 Å². The van der Waals surface area contributed by atoms with Gasteiger partial charge in [0.05, 0.1) is 0 Å². The topological polar surface area (TPSA) is 81.6 Å². The molecule has 0 spiro atoms. The maximum absolute atomic E-state index is 12.5. The fraction of sp³-hybridized carbons (Fsp3) is 0.133. The van der Waals surface area contributed by atoms with Gasteiger partial charge in [-0.15, -0.1) is 0 Å². The largest absolute Gasteiger partial charge is 0.393 e. The first-order valence-corrected chi connectivity index (χ1v) is 6.86. The van der Waals surface area contributed by atoms with Crippen molar-refractivity contribution in [3.05, 3.63) is 60.2 Å². The summed E-state index contributed by atoms with van der Waals surface area (Å²) in [4.78, 5) is 8.21. The highest BCUT2D eigenvalue weighted by Crippen LogP contribution is 2.22. The van der Waals surface area contributed by atoms with E-state index in [2.05, 4.69) is 20.4 Å². The molecule has 0 radical (unpaired) electrons. The SMILES string of the molecule is Nc1c(NCc2ccc(C(F)F)cc2)ncnc1-n1cccn1. The van der Waals surface area contributed by atoms with Crippen LogP contribution in [0, 0.1) is 0 Å². The van der Waals surface area contributed by atoms with Crippen LogP contribution >= 0.6 is 0 Å². The summed E-state index contributed by atoms with van der Waals surface area (Å²) in [5.74, 6) is 0.934. The minimum atomic E-state index is -2.47. The van der Waals surface area contributed by atoms with Gasteiger partial charge in [-0.1, -0.05) is 24.3 Å². The lowest BCUT2D eigenvalue weighted by Gasteiger charge is -2.11. The zero-order valence-corrected chi connectivity index (χ0v) is 12.0. The number of nitrogen functional groups attached to an aromatic ring is 1. The van der Waals surface area contributed by atoms with Crippen molar-refractivity contribution in [2.45, 2.75) is 13.0 Å². The smallest absolute Gasteiger partial charge is 0.263 e. The van der Waals surface area contributed by atoms with E-state index in [0.717, 1.165) is 5.56 Å². The molecule has 3 aromatic rings. The van der Waals surface area contributed by atoms with Crippen LogP contribution in [0.1, 0.15) is 17.6 Å². The first-order valence-electron chi connectivity index (χ1n) is 6.86. The molecule has 8 heteroatoms. The molecule has 0 saturated carbocycles. The third kappa shape index (κ3) is 3.25. The van der Waals surface area contributed by atoms with E-state index in [0.29, 0.717) is 23.9 Å². The zero-order valence-electron chi connectivity index (χ0n) is 12.0. The van der Waals surface area contributed by atoms with Crippen molar-refractivity contribution in [2.75, 3.05) is 11.1 Å². The third-order valence-electron chi connectivity index (χ3n) is 3.28. The molecule has 2 aromatic heterocycles. The Kier molecular flexibility index (Phi) is 4.13. The second-order valence-corrected chi connectivity index (χ2v) is 4.81. The van der Waals surface area contributed by atoms with Gasteiger partial charge in [0.15, 0.2) is 11.6 Å². The summed E-state index contributed by atoms with van der Waals surface area (Å²) in [5, 5.41) is 7.16. The summed E-state index contributed by atoms with van der Waals surface area (Å²) >= 11 is 0. The monoisotopic (exact) mass is 316 g/mol. The molecule has 0 fully saturated rings. The van der Waals surface area contributed by atoms with Crippen LogP contribution in [0.2, 0.25) is 0 Å². The van der Waals surface area contributed by atoms with Gasteiger partial charge in [-0.2, -0.15) is 5.10 Å². The Hall–Kier alpha value is -3.03. The van der Waals surface area contributed by atoms with E-state index in [-0.39, 0.29) is 5.56 Å². The number of benzene rings is 1. The van der Waals surface area contributed by atoms with Crippen molar-refractivity contribution < 1.29 is 8.78 Å². The van der Waals surface area contributed by atoms with Gasteiger partial charge in [0.25, 0.3) is 6.43 Å². The maximum Gasteiger partial charge on any atom is 0.263 e. The van der Waals surface area contributed by atoms with Crippen molar-refractivity contribution in [3.63, 3.8) is 0 Å². The number of rotatable bonds is 5. The number of nitrogens with zero attached hydrogens (tertiary/aromatic N) is 4. The first-order chi connectivity index (χ1) is 11.1. The molecular formula is C15H14F2N6. The Labute approximate surface area is 131 Å². The molecule has 6 nitrogen and oxygen atoms in total. The fourth-order valence-electron chi connectivity index (χ4n) is 2.07. The van der Waals surface area contributed by atoms with Gasteiger partial charge >= 0.3 is 0 Å². The lowest BCUT2D eigenvalue weighted by atomic mass is 10.1. The molecule has 0 atom stereocenters. The molecular weight excluding hydrogens is 302 g/mol. The number of anilines is 2. The molecule has 0 aliphatic heterocycles. The molecule has 0 aliphatic carbocycles. The maximum atomic E-state index is 12.5. The molecule has 3 N–H and O–H groups in total. The first kappa shape index (κ1) is 14.9. The fourth-order valence-corrected chi connectivity index (χ4v) is 2.07. The standard InChI is InChI=1S/C15H14F2N6/c16-13(17)11-4-2-10(3-5-11)8-19-14-12(18)15(21-9-20-14)23-7-1-6-22-23/h1-7,9,13H,8,18H2,(H,19,20,21). The van der Waals surface area contributed by atoms with E-state index in [1.54, 1.807) is 35.3 Å². The molecule has 2 heterocycles. The van der Waals surface area contributed by atoms with Crippen molar-refractivity contribution in [2.24, 2.45) is 0 Å². The summed E-state index contributed by atoms with van der Waals surface area (Å²) < 4.78 is 26.6. The van der Waals surface area contributed by atoms with Gasteiger partial charge in [-0.05, 0) is 11.6 Å². The molecule has 1 aromatic carbocycles. The second kappa shape index (κ2) is 6.39. The number of hydrogen-bond donors (Lipinski definition) is 2. The Bertz CT molecular complexity index is 771. The minimum absolute atomic E-state index is 0.00346. The van der Waals surface area contributed by atoms with Crippen molar-refractivity contribution in [3.8, 4) is 5.82 Å². The number of nitrogens with one attached hydrogen (secondary N) is 1. The van der Waals surface area contributed by atoms with Crippen LogP contribution in [0.25, 0.3) is 5.82 Å². The van der Waals surface area contributed by atoms with Gasteiger partial charge < -0.3 is 11.1 Å². The van der Waals surface area contributed by atoms with Crippen LogP contribution in [0.5, 0.6) is 0 Å². The summed E-state index contributed by atoms with van der Waals surface area (Å²) in [6.07, 6.45) is 2.27.